The quantitative estimate of drug-likeness (QED) is 0.401. The minimum absolute atomic E-state index is 0.0360. The highest BCUT2D eigenvalue weighted by atomic mass is 31.2. The average molecular weight is 435 g/mol. The zero-order valence-corrected chi connectivity index (χ0v) is 18.7. The molecule has 0 unspecified atom stereocenters. The van der Waals surface area contributed by atoms with E-state index in [1.165, 1.54) is 27.9 Å². The summed E-state index contributed by atoms with van der Waals surface area (Å²) in [5, 5.41) is 6.90. The number of nitrogens with one attached hydrogen (secondary N) is 1. The molecule has 0 atom stereocenters. The van der Waals surface area contributed by atoms with E-state index >= 15 is 0 Å². The van der Waals surface area contributed by atoms with Gasteiger partial charge in [-0.1, -0.05) is 54.6 Å². The second-order valence-corrected chi connectivity index (χ2v) is 11.1. The summed E-state index contributed by atoms with van der Waals surface area (Å²) < 4.78 is 0. The molecular formula is C25H29N3O2P+. The Morgan fingerprint density at radius 1 is 0.806 bits per heavy atom. The van der Waals surface area contributed by atoms with Crippen molar-refractivity contribution < 1.29 is 9.59 Å². The number of nitrogens with two attached hydrogens (primary N) is 1. The number of urea groups is 1. The zero-order chi connectivity index (χ0) is 22.1. The highest BCUT2D eigenvalue weighted by molar-refractivity contribution is 7.95. The van der Waals surface area contributed by atoms with E-state index < -0.39 is 13.3 Å². The summed E-state index contributed by atoms with van der Waals surface area (Å²) in [7, 11) is -0.380. The molecular weight excluding hydrogens is 405 g/mol. The summed E-state index contributed by atoms with van der Waals surface area (Å²) in [4.78, 5) is 24.5. The third-order valence-corrected chi connectivity index (χ3v) is 9.87. The summed E-state index contributed by atoms with van der Waals surface area (Å²) in [6.07, 6.45) is 1.75. The van der Waals surface area contributed by atoms with Crippen molar-refractivity contribution in [2.75, 3.05) is 26.3 Å². The Labute approximate surface area is 184 Å². The van der Waals surface area contributed by atoms with Crippen LogP contribution in [0.2, 0.25) is 0 Å². The lowest BCUT2D eigenvalue weighted by Crippen LogP contribution is -2.41. The average Bonchev–Trinajstić information content (AvgIpc) is 2.81. The molecule has 0 heterocycles. The van der Waals surface area contributed by atoms with E-state index in [2.05, 4.69) is 78.1 Å². The molecule has 0 saturated heterocycles. The van der Waals surface area contributed by atoms with Gasteiger partial charge in [-0.2, -0.15) is 0 Å². The maximum atomic E-state index is 12.1. The third-order valence-electron chi connectivity index (χ3n) is 5.34. The molecule has 0 radical (unpaired) electrons. The molecule has 31 heavy (non-hydrogen) atoms. The van der Waals surface area contributed by atoms with E-state index in [0.717, 1.165) is 12.6 Å². The van der Waals surface area contributed by atoms with Crippen molar-refractivity contribution in [1.29, 1.82) is 0 Å². The number of rotatable bonds is 9. The lowest BCUT2D eigenvalue weighted by molar-refractivity contribution is -0.121. The van der Waals surface area contributed by atoms with Crippen molar-refractivity contribution in [2.45, 2.75) is 6.42 Å². The highest BCUT2D eigenvalue weighted by Crippen LogP contribution is 2.55. The van der Waals surface area contributed by atoms with Crippen LogP contribution in [-0.4, -0.2) is 43.1 Å². The number of primary amides is 1. The molecule has 160 valence electrons. The van der Waals surface area contributed by atoms with Crippen LogP contribution >= 0.6 is 7.26 Å². The normalized spacial score (nSPS) is 11.0. The summed E-state index contributed by atoms with van der Waals surface area (Å²) in [5.41, 5.74) is 5.20. The minimum Gasteiger partial charge on any atom is -0.354 e. The topological polar surface area (TPSA) is 75.4 Å². The first kappa shape index (κ1) is 22.5. The first-order valence-electron chi connectivity index (χ1n) is 10.4. The molecule has 0 spiro atoms. The highest BCUT2D eigenvalue weighted by Gasteiger charge is 2.44. The van der Waals surface area contributed by atoms with Gasteiger partial charge in [-0.05, 0) is 42.8 Å². The zero-order valence-electron chi connectivity index (χ0n) is 17.8. The van der Waals surface area contributed by atoms with Crippen molar-refractivity contribution in [2.24, 2.45) is 5.73 Å². The summed E-state index contributed by atoms with van der Waals surface area (Å²) in [6, 6.07) is 31.4. The second kappa shape index (κ2) is 10.7. The fourth-order valence-corrected chi connectivity index (χ4v) is 8.12. The number of amides is 3. The number of likely N-dealkylation sites (N-methyl/N-ethyl adjacent to an activating group) is 1. The van der Waals surface area contributed by atoms with Crippen molar-refractivity contribution in [3.05, 3.63) is 91.0 Å². The molecule has 0 aliphatic rings. The van der Waals surface area contributed by atoms with Gasteiger partial charge in [0, 0.05) is 13.6 Å². The smallest absolute Gasteiger partial charge is 0.314 e. The van der Waals surface area contributed by atoms with Gasteiger partial charge in [0.2, 0.25) is 5.91 Å². The number of carbonyl (C=O) groups excluding carboxylic acids is 2. The van der Waals surface area contributed by atoms with Crippen LogP contribution in [0.25, 0.3) is 0 Å². The molecule has 0 bridgehead atoms. The lowest BCUT2D eigenvalue weighted by atomic mass is 10.3. The van der Waals surface area contributed by atoms with E-state index in [1.807, 2.05) is 18.2 Å². The maximum Gasteiger partial charge on any atom is 0.314 e. The molecule has 0 aliphatic heterocycles. The number of hydrogen-bond donors (Lipinski definition) is 2. The van der Waals surface area contributed by atoms with Gasteiger partial charge in [-0.3, -0.25) is 4.79 Å². The monoisotopic (exact) mass is 434 g/mol. The van der Waals surface area contributed by atoms with Crippen LogP contribution < -0.4 is 27.0 Å². The summed E-state index contributed by atoms with van der Waals surface area (Å²) >= 11 is 0. The van der Waals surface area contributed by atoms with Crippen molar-refractivity contribution >= 4 is 35.1 Å². The molecule has 0 fully saturated rings. The minimum atomic E-state index is -1.89. The summed E-state index contributed by atoms with van der Waals surface area (Å²) in [6.45, 7) is 0.505. The SMILES string of the molecule is CN(CC(=O)NCCC[P+](c1ccccc1)(c1ccccc1)c1ccccc1)C(N)=O. The van der Waals surface area contributed by atoms with Crippen LogP contribution in [-0.2, 0) is 4.79 Å². The van der Waals surface area contributed by atoms with Crippen molar-refractivity contribution in [3.8, 4) is 0 Å². The van der Waals surface area contributed by atoms with Crippen LogP contribution in [0.4, 0.5) is 4.79 Å². The molecule has 3 N–H and O–H groups in total. The molecule has 6 heteroatoms. The van der Waals surface area contributed by atoms with Crippen molar-refractivity contribution in [3.63, 3.8) is 0 Å². The van der Waals surface area contributed by atoms with Gasteiger partial charge < -0.3 is 16.0 Å². The molecule has 3 aromatic rings. The fraction of sp³-hybridized carbons (Fsp3) is 0.200. The fourth-order valence-electron chi connectivity index (χ4n) is 3.78. The molecule has 0 aromatic heterocycles. The first-order valence-corrected chi connectivity index (χ1v) is 12.3. The Balaban J connectivity index is 1.87. The van der Waals surface area contributed by atoms with E-state index in [9.17, 15) is 9.59 Å². The third kappa shape index (κ3) is 5.50. The van der Waals surface area contributed by atoms with Gasteiger partial charge in [-0.25, -0.2) is 4.79 Å². The molecule has 3 amide bonds. The molecule has 5 nitrogen and oxygen atoms in total. The van der Waals surface area contributed by atoms with Crippen LogP contribution in [0.5, 0.6) is 0 Å². The van der Waals surface area contributed by atoms with Crippen molar-refractivity contribution in [1.82, 2.24) is 10.2 Å². The van der Waals surface area contributed by atoms with Crippen LogP contribution in [0.1, 0.15) is 6.42 Å². The maximum absolute atomic E-state index is 12.1. The van der Waals surface area contributed by atoms with Gasteiger partial charge in [0.25, 0.3) is 0 Å². The number of carbonyl (C=O) groups is 2. The van der Waals surface area contributed by atoms with E-state index in [1.54, 1.807) is 0 Å². The van der Waals surface area contributed by atoms with Gasteiger partial charge in [0.05, 0.1) is 6.16 Å². The van der Waals surface area contributed by atoms with E-state index in [0.29, 0.717) is 6.54 Å². The Hall–Kier alpha value is -3.17. The predicted octanol–water partition coefficient (Wildman–Crippen LogP) is 2.50. The summed E-state index contributed by atoms with van der Waals surface area (Å²) in [5.74, 6) is -0.204. The molecule has 0 aliphatic carbocycles. The predicted molar refractivity (Wildman–Crippen MR) is 130 cm³/mol. The number of benzene rings is 3. The Morgan fingerprint density at radius 3 is 1.61 bits per heavy atom. The Kier molecular flexibility index (Phi) is 7.80. The van der Waals surface area contributed by atoms with Gasteiger partial charge >= 0.3 is 6.03 Å². The number of hydrogen-bond acceptors (Lipinski definition) is 2. The Morgan fingerprint density at radius 2 is 1.23 bits per heavy atom. The first-order chi connectivity index (χ1) is 15.0. The Bertz CT molecular complexity index is 885. The van der Waals surface area contributed by atoms with Gasteiger partial charge in [0.15, 0.2) is 0 Å². The largest absolute Gasteiger partial charge is 0.354 e. The molecule has 3 rings (SSSR count). The van der Waals surface area contributed by atoms with Crippen LogP contribution in [0.3, 0.4) is 0 Å². The van der Waals surface area contributed by atoms with E-state index in [4.69, 9.17) is 5.73 Å². The molecule has 3 aromatic carbocycles. The van der Waals surface area contributed by atoms with Gasteiger partial charge in [0.1, 0.15) is 29.7 Å². The van der Waals surface area contributed by atoms with E-state index in [-0.39, 0.29) is 12.5 Å². The van der Waals surface area contributed by atoms with Crippen LogP contribution in [0.15, 0.2) is 91.0 Å². The lowest BCUT2D eigenvalue weighted by Gasteiger charge is -2.27. The number of nitrogens with zero attached hydrogens (tertiary/aromatic N) is 1. The molecule has 0 saturated carbocycles. The van der Waals surface area contributed by atoms with Gasteiger partial charge in [-0.15, -0.1) is 0 Å². The standard InChI is InChI=1S/C25H28N3O2P/c1-28(25(26)30)20-24(29)27-18-11-19-31(21-12-5-2-6-13-21,22-14-7-3-8-15-22)23-16-9-4-10-17-23/h2-10,12-17H,11,18-20H2,1H3,(H2-,26,27,29,30)/p+1. The second-order valence-electron chi connectivity index (χ2n) is 7.44. The van der Waals surface area contributed by atoms with Crippen LogP contribution in [0, 0.1) is 0 Å².